The van der Waals surface area contributed by atoms with Crippen LogP contribution in [0.25, 0.3) is 0 Å². The molecule has 0 aliphatic carbocycles. The third kappa shape index (κ3) is 8.15. The second-order valence-electron chi connectivity index (χ2n) is 8.76. The fourth-order valence-electron chi connectivity index (χ4n) is 3.73. The van der Waals surface area contributed by atoms with Gasteiger partial charge < -0.3 is 0 Å². The van der Waals surface area contributed by atoms with Gasteiger partial charge in [0.25, 0.3) is 0 Å². The molecule has 0 amide bonds. The smallest absolute Gasteiger partial charge is 0.0261 e. The van der Waals surface area contributed by atoms with Gasteiger partial charge in [-0.3, -0.25) is 0 Å². The van der Waals surface area contributed by atoms with Crippen LogP contribution in [0.15, 0.2) is 130 Å². The fourth-order valence-corrected chi connectivity index (χ4v) is 4.53. The summed E-state index contributed by atoms with van der Waals surface area (Å²) < 4.78 is 2.03. The molecule has 0 unspecified atom stereocenters. The Morgan fingerprint density at radius 2 is 0.475 bits per heavy atom. The van der Waals surface area contributed by atoms with Crippen LogP contribution in [0.4, 0.5) is 0 Å². The van der Waals surface area contributed by atoms with Crippen LogP contribution < -0.4 is 0 Å². The Morgan fingerprint density at radius 3 is 0.700 bits per heavy atom. The normalized spacial score (nSPS) is 9.45. The molecule has 0 saturated heterocycles. The standard InChI is InChI=1S/C38H20Br2/c39-37-14-4-12-35(27-37)22-20-33-10-2-8-31(25-33)18-16-29-6-1-7-30(24-29)17-19-32-9-3-11-34(26-32)21-23-36-13-5-15-38(40)28-36/h1-15,24-28H. The van der Waals surface area contributed by atoms with Crippen LogP contribution in [0.5, 0.6) is 0 Å². The number of hydrogen-bond donors (Lipinski definition) is 0. The van der Waals surface area contributed by atoms with Crippen LogP contribution in [0.2, 0.25) is 0 Å². The molecule has 186 valence electrons. The maximum absolute atomic E-state index is 3.49. The van der Waals surface area contributed by atoms with Gasteiger partial charge in [-0.2, -0.15) is 0 Å². The van der Waals surface area contributed by atoms with Gasteiger partial charge in [-0.05, 0) is 91.0 Å². The molecule has 2 heteroatoms. The fraction of sp³-hybridized carbons (Fsp3) is 0. The maximum atomic E-state index is 3.49. The lowest BCUT2D eigenvalue weighted by Crippen LogP contribution is -1.82. The predicted octanol–water partition coefficient (Wildman–Crippen LogP) is 8.81. The van der Waals surface area contributed by atoms with Gasteiger partial charge in [-0.1, -0.05) is 110 Å². The Labute approximate surface area is 252 Å². The Bertz CT molecular complexity index is 1810. The average Bonchev–Trinajstić information content (AvgIpc) is 2.98. The van der Waals surface area contributed by atoms with Crippen molar-refractivity contribution in [1.82, 2.24) is 0 Å². The molecule has 0 aliphatic heterocycles. The molecule has 5 aromatic rings. The summed E-state index contributed by atoms with van der Waals surface area (Å²) in [4.78, 5) is 0. The topological polar surface area (TPSA) is 0 Å². The number of rotatable bonds is 0. The van der Waals surface area contributed by atoms with E-state index in [1.54, 1.807) is 0 Å². The molecule has 0 N–H and O–H groups in total. The zero-order valence-corrected chi connectivity index (χ0v) is 24.5. The largest absolute Gasteiger partial charge is 0.0616 e. The average molecular weight is 636 g/mol. The summed E-state index contributed by atoms with van der Waals surface area (Å²) in [6, 6.07) is 39.9. The summed E-state index contributed by atoms with van der Waals surface area (Å²) in [5.41, 5.74) is 7.42. The van der Waals surface area contributed by atoms with E-state index in [0.29, 0.717) is 0 Å². The van der Waals surface area contributed by atoms with Gasteiger partial charge in [0.1, 0.15) is 0 Å². The van der Waals surface area contributed by atoms with Crippen LogP contribution >= 0.6 is 31.9 Å². The molecule has 0 fully saturated rings. The molecule has 0 bridgehead atoms. The minimum Gasteiger partial charge on any atom is -0.0616 e. The minimum atomic E-state index is 0.908. The molecular weight excluding hydrogens is 616 g/mol. The van der Waals surface area contributed by atoms with Crippen molar-refractivity contribution in [3.05, 3.63) is 175 Å². The molecule has 0 saturated carbocycles. The highest BCUT2D eigenvalue weighted by Crippen LogP contribution is 2.13. The van der Waals surface area contributed by atoms with Gasteiger partial charge in [0.2, 0.25) is 0 Å². The third-order valence-corrected chi connectivity index (χ3v) is 6.63. The van der Waals surface area contributed by atoms with E-state index >= 15 is 0 Å². The van der Waals surface area contributed by atoms with Crippen molar-refractivity contribution >= 4 is 31.9 Å². The first-order valence-electron chi connectivity index (χ1n) is 12.5. The zero-order valence-electron chi connectivity index (χ0n) is 21.3. The highest BCUT2D eigenvalue weighted by molar-refractivity contribution is 9.10. The van der Waals surface area contributed by atoms with E-state index in [0.717, 1.165) is 53.5 Å². The molecule has 0 nitrogen and oxygen atoms in total. The lowest BCUT2D eigenvalue weighted by molar-refractivity contribution is 1.56. The Hall–Kier alpha value is -4.70. The van der Waals surface area contributed by atoms with E-state index in [1.807, 2.05) is 121 Å². The van der Waals surface area contributed by atoms with Crippen molar-refractivity contribution in [3.8, 4) is 47.4 Å². The second-order valence-corrected chi connectivity index (χ2v) is 10.6. The molecule has 5 rings (SSSR count). The minimum absolute atomic E-state index is 0.908. The molecule has 0 spiro atoms. The molecule has 0 heterocycles. The van der Waals surface area contributed by atoms with E-state index in [1.165, 1.54) is 0 Å². The highest BCUT2D eigenvalue weighted by atomic mass is 79.9. The van der Waals surface area contributed by atoms with Crippen molar-refractivity contribution in [2.45, 2.75) is 0 Å². The van der Waals surface area contributed by atoms with Crippen molar-refractivity contribution in [1.29, 1.82) is 0 Å². The number of hydrogen-bond acceptors (Lipinski definition) is 0. The van der Waals surface area contributed by atoms with Crippen molar-refractivity contribution in [2.24, 2.45) is 0 Å². The van der Waals surface area contributed by atoms with Crippen LogP contribution in [-0.2, 0) is 0 Å². The summed E-state index contributed by atoms with van der Waals surface area (Å²) in [5, 5.41) is 0. The SMILES string of the molecule is Brc1cccc(C#Cc2cccc(C#Cc3cccc(C#Cc4cccc(C#Cc5cccc(Br)c5)c4)c3)c2)c1. The maximum Gasteiger partial charge on any atom is 0.0261 e. The summed E-state index contributed by atoms with van der Waals surface area (Å²) in [7, 11) is 0. The first kappa shape index (κ1) is 26.9. The molecule has 0 radical (unpaired) electrons. The van der Waals surface area contributed by atoms with Crippen LogP contribution in [0, 0.1) is 47.4 Å². The third-order valence-electron chi connectivity index (χ3n) is 5.64. The number of benzene rings is 5. The van der Waals surface area contributed by atoms with Crippen molar-refractivity contribution in [2.75, 3.05) is 0 Å². The van der Waals surface area contributed by atoms with Gasteiger partial charge in [-0.15, -0.1) is 0 Å². The summed E-state index contributed by atoms with van der Waals surface area (Å²) in [6.07, 6.45) is 0. The summed E-state index contributed by atoms with van der Waals surface area (Å²) >= 11 is 6.97. The van der Waals surface area contributed by atoms with Gasteiger partial charge in [0, 0.05) is 53.5 Å². The molecule has 5 aromatic carbocycles. The summed E-state index contributed by atoms with van der Waals surface area (Å²) in [6.45, 7) is 0. The predicted molar refractivity (Wildman–Crippen MR) is 172 cm³/mol. The van der Waals surface area contributed by atoms with Gasteiger partial charge >= 0.3 is 0 Å². The van der Waals surface area contributed by atoms with E-state index < -0.39 is 0 Å². The Morgan fingerprint density at radius 1 is 0.275 bits per heavy atom. The van der Waals surface area contributed by atoms with Crippen molar-refractivity contribution in [3.63, 3.8) is 0 Å². The monoisotopic (exact) mass is 634 g/mol. The highest BCUT2D eigenvalue weighted by Gasteiger charge is 1.95. The summed E-state index contributed by atoms with van der Waals surface area (Å²) in [5.74, 6) is 25.9. The Kier molecular flexibility index (Phi) is 9.00. The second kappa shape index (κ2) is 13.4. The van der Waals surface area contributed by atoms with Gasteiger partial charge in [0.15, 0.2) is 0 Å². The van der Waals surface area contributed by atoms with E-state index in [-0.39, 0.29) is 0 Å². The van der Waals surface area contributed by atoms with Crippen LogP contribution in [-0.4, -0.2) is 0 Å². The van der Waals surface area contributed by atoms with Crippen LogP contribution in [0.1, 0.15) is 44.5 Å². The molecular formula is C38H20Br2. The van der Waals surface area contributed by atoms with E-state index in [4.69, 9.17) is 0 Å². The van der Waals surface area contributed by atoms with Crippen LogP contribution in [0.3, 0.4) is 0 Å². The van der Waals surface area contributed by atoms with Gasteiger partial charge in [-0.25, -0.2) is 0 Å². The molecule has 40 heavy (non-hydrogen) atoms. The lowest BCUT2D eigenvalue weighted by Gasteiger charge is -1.96. The zero-order chi connectivity index (χ0) is 27.6. The first-order chi connectivity index (χ1) is 19.6. The lowest BCUT2D eigenvalue weighted by atomic mass is 10.1. The van der Waals surface area contributed by atoms with E-state index in [9.17, 15) is 0 Å². The number of halogens is 2. The van der Waals surface area contributed by atoms with Gasteiger partial charge in [0.05, 0.1) is 0 Å². The quantitative estimate of drug-likeness (QED) is 0.149. The first-order valence-corrected chi connectivity index (χ1v) is 14.1. The van der Waals surface area contributed by atoms with E-state index in [2.05, 4.69) is 79.2 Å². The van der Waals surface area contributed by atoms with Crippen molar-refractivity contribution < 1.29 is 0 Å². The Balaban J connectivity index is 1.30. The molecule has 0 atom stereocenters. The molecule has 0 aromatic heterocycles. The molecule has 0 aliphatic rings.